The Kier molecular flexibility index (Phi) is 4.32. The van der Waals surface area contributed by atoms with Crippen molar-refractivity contribution in [2.24, 2.45) is 0 Å². The van der Waals surface area contributed by atoms with E-state index in [1.54, 1.807) is 6.92 Å². The average molecular weight is 212 g/mol. The van der Waals surface area contributed by atoms with Gasteiger partial charge in [-0.25, -0.2) is 0 Å². The lowest BCUT2D eigenvalue weighted by molar-refractivity contribution is 0.102. The molecule has 0 bridgehead atoms. The fourth-order valence-electron chi connectivity index (χ4n) is 1.38. The second kappa shape index (κ2) is 5.30. The van der Waals surface area contributed by atoms with Gasteiger partial charge in [-0.05, 0) is 26.0 Å². The van der Waals surface area contributed by atoms with Gasteiger partial charge in [-0.2, -0.15) is 0 Å². The Bertz CT molecular complexity index is 293. The van der Waals surface area contributed by atoms with Crippen molar-refractivity contribution in [2.75, 3.05) is 13.2 Å². The molecular formula is C11H20N2O2. The Morgan fingerprint density at radius 3 is 2.60 bits per heavy atom. The summed E-state index contributed by atoms with van der Waals surface area (Å²) in [6, 6.07) is 4.03. The number of aliphatic hydroxyl groups excluding tert-OH is 2. The molecule has 4 nitrogen and oxygen atoms in total. The monoisotopic (exact) mass is 212 g/mol. The Morgan fingerprint density at radius 1 is 1.40 bits per heavy atom. The van der Waals surface area contributed by atoms with Crippen LogP contribution in [0.15, 0.2) is 18.3 Å². The zero-order valence-corrected chi connectivity index (χ0v) is 9.40. The molecule has 0 fully saturated rings. The van der Waals surface area contributed by atoms with Crippen LogP contribution in [0.3, 0.4) is 0 Å². The van der Waals surface area contributed by atoms with E-state index in [1.165, 1.54) is 0 Å². The third-order valence-electron chi connectivity index (χ3n) is 2.66. The number of hydrogen-bond donors (Lipinski definition) is 3. The Labute approximate surface area is 90.5 Å². The van der Waals surface area contributed by atoms with Crippen molar-refractivity contribution in [1.82, 2.24) is 9.88 Å². The van der Waals surface area contributed by atoms with Crippen LogP contribution in [-0.4, -0.2) is 33.5 Å². The summed E-state index contributed by atoms with van der Waals surface area (Å²) >= 11 is 0. The topological polar surface area (TPSA) is 57.4 Å². The van der Waals surface area contributed by atoms with Gasteiger partial charge in [-0.3, -0.25) is 0 Å². The first-order valence-corrected chi connectivity index (χ1v) is 5.26. The summed E-state index contributed by atoms with van der Waals surface area (Å²) in [7, 11) is 0. The van der Waals surface area contributed by atoms with Crippen molar-refractivity contribution in [1.29, 1.82) is 0 Å². The maximum Gasteiger partial charge on any atom is 0.0633 e. The van der Waals surface area contributed by atoms with E-state index in [1.807, 2.05) is 18.3 Å². The molecule has 0 aliphatic heterocycles. The molecule has 0 amide bonds. The Balaban J connectivity index is 2.56. The molecule has 0 saturated carbocycles. The summed E-state index contributed by atoms with van der Waals surface area (Å²) in [5.41, 5.74) is 0.550. The van der Waals surface area contributed by atoms with E-state index in [9.17, 15) is 0 Å². The first-order chi connectivity index (χ1) is 7.15. The second-order valence-electron chi connectivity index (χ2n) is 4.02. The largest absolute Gasteiger partial charge is 0.394 e. The molecule has 1 heterocycles. The van der Waals surface area contributed by atoms with Gasteiger partial charge in [0, 0.05) is 25.0 Å². The Hall–Kier alpha value is -0.840. The van der Waals surface area contributed by atoms with Crippen LogP contribution in [0.4, 0.5) is 0 Å². The van der Waals surface area contributed by atoms with Crippen molar-refractivity contribution in [3.8, 4) is 0 Å². The van der Waals surface area contributed by atoms with Crippen LogP contribution in [-0.2, 0) is 13.1 Å². The lowest BCUT2D eigenvalue weighted by atomic mass is 10.1. The molecular weight excluding hydrogens is 192 g/mol. The molecule has 1 rings (SSSR count). The van der Waals surface area contributed by atoms with Crippen molar-refractivity contribution in [3.05, 3.63) is 24.0 Å². The van der Waals surface area contributed by atoms with Gasteiger partial charge in [0.15, 0.2) is 0 Å². The third kappa shape index (κ3) is 3.06. The molecule has 0 aliphatic carbocycles. The van der Waals surface area contributed by atoms with Crippen LogP contribution < -0.4 is 5.32 Å². The van der Waals surface area contributed by atoms with Crippen molar-refractivity contribution in [3.63, 3.8) is 0 Å². The second-order valence-corrected chi connectivity index (χ2v) is 4.02. The number of rotatable bonds is 6. The minimum Gasteiger partial charge on any atom is -0.394 e. The van der Waals surface area contributed by atoms with Gasteiger partial charge >= 0.3 is 0 Å². The molecule has 0 saturated heterocycles. The molecule has 4 heteroatoms. The first kappa shape index (κ1) is 12.2. The fraction of sp³-hybridized carbons (Fsp3) is 0.636. The average Bonchev–Trinajstić information content (AvgIpc) is 2.73. The smallest absolute Gasteiger partial charge is 0.0633 e. The van der Waals surface area contributed by atoms with Crippen molar-refractivity contribution >= 4 is 0 Å². The highest BCUT2D eigenvalue weighted by atomic mass is 16.3. The molecule has 1 aromatic heterocycles. The van der Waals surface area contributed by atoms with Crippen LogP contribution in [0.5, 0.6) is 0 Å². The number of aromatic nitrogens is 1. The van der Waals surface area contributed by atoms with Gasteiger partial charge in [0.25, 0.3) is 0 Å². The summed E-state index contributed by atoms with van der Waals surface area (Å²) in [6.45, 7) is 5.32. The van der Waals surface area contributed by atoms with Crippen LogP contribution in [0, 0.1) is 0 Å². The van der Waals surface area contributed by atoms with Crippen LogP contribution in [0.2, 0.25) is 0 Å². The maximum absolute atomic E-state index is 9.11. The van der Waals surface area contributed by atoms with E-state index in [4.69, 9.17) is 10.2 Å². The number of aryl methyl sites for hydroxylation is 1. The highest BCUT2D eigenvalue weighted by Crippen LogP contribution is 2.06. The quantitative estimate of drug-likeness (QED) is 0.637. The normalized spacial score (nSPS) is 12.0. The number of aliphatic hydroxyl groups is 2. The summed E-state index contributed by atoms with van der Waals surface area (Å²) in [5.74, 6) is 0. The van der Waals surface area contributed by atoms with Gasteiger partial charge in [0.05, 0.1) is 18.8 Å². The van der Waals surface area contributed by atoms with Gasteiger partial charge < -0.3 is 20.1 Å². The van der Waals surface area contributed by atoms with E-state index in [0.717, 1.165) is 12.2 Å². The standard InChI is InChI=1S/C11H20N2O2/c1-3-13-6-4-5-10(13)7-12-11(2,8-14)9-15/h4-6,12,14-15H,3,7-9H2,1-2H3. The van der Waals surface area contributed by atoms with Gasteiger partial charge in [-0.1, -0.05) is 0 Å². The zero-order chi connectivity index (χ0) is 11.3. The van der Waals surface area contributed by atoms with Gasteiger partial charge in [-0.15, -0.1) is 0 Å². The summed E-state index contributed by atoms with van der Waals surface area (Å²) < 4.78 is 2.13. The van der Waals surface area contributed by atoms with E-state index < -0.39 is 5.54 Å². The van der Waals surface area contributed by atoms with Gasteiger partial charge in [0.1, 0.15) is 0 Å². The molecule has 0 radical (unpaired) electrons. The maximum atomic E-state index is 9.11. The van der Waals surface area contributed by atoms with Gasteiger partial charge in [0.2, 0.25) is 0 Å². The molecule has 0 aromatic carbocycles. The minimum atomic E-state index is -0.608. The van der Waals surface area contributed by atoms with Crippen molar-refractivity contribution in [2.45, 2.75) is 32.5 Å². The molecule has 86 valence electrons. The van der Waals surface area contributed by atoms with Crippen LogP contribution in [0.1, 0.15) is 19.5 Å². The molecule has 0 spiro atoms. The van der Waals surface area contributed by atoms with E-state index >= 15 is 0 Å². The minimum absolute atomic E-state index is 0.0731. The molecule has 0 atom stereocenters. The molecule has 1 aromatic rings. The highest BCUT2D eigenvalue weighted by Gasteiger charge is 2.21. The predicted molar refractivity (Wildman–Crippen MR) is 59.5 cm³/mol. The first-order valence-electron chi connectivity index (χ1n) is 5.26. The summed E-state index contributed by atoms with van der Waals surface area (Å²) in [5, 5.41) is 21.4. The lowest BCUT2D eigenvalue weighted by Crippen LogP contribution is -2.48. The van der Waals surface area contributed by atoms with Crippen molar-refractivity contribution < 1.29 is 10.2 Å². The number of nitrogens with one attached hydrogen (secondary N) is 1. The summed E-state index contributed by atoms with van der Waals surface area (Å²) in [6.07, 6.45) is 2.02. The molecule has 15 heavy (non-hydrogen) atoms. The number of hydrogen-bond acceptors (Lipinski definition) is 3. The lowest BCUT2D eigenvalue weighted by Gasteiger charge is -2.26. The summed E-state index contributed by atoms with van der Waals surface area (Å²) in [4.78, 5) is 0. The third-order valence-corrected chi connectivity index (χ3v) is 2.66. The van der Waals surface area contributed by atoms with E-state index in [2.05, 4.69) is 16.8 Å². The number of nitrogens with zero attached hydrogens (tertiary/aromatic N) is 1. The molecule has 0 aliphatic rings. The SMILES string of the molecule is CCn1cccc1CNC(C)(CO)CO. The molecule has 0 unspecified atom stereocenters. The van der Waals surface area contributed by atoms with Crippen LogP contribution >= 0.6 is 0 Å². The fourth-order valence-corrected chi connectivity index (χ4v) is 1.38. The zero-order valence-electron chi connectivity index (χ0n) is 9.40. The highest BCUT2D eigenvalue weighted by molar-refractivity contribution is 5.07. The Morgan fingerprint density at radius 2 is 2.07 bits per heavy atom. The molecule has 3 N–H and O–H groups in total. The van der Waals surface area contributed by atoms with Crippen LogP contribution in [0.25, 0.3) is 0 Å². The predicted octanol–water partition coefficient (Wildman–Crippen LogP) is 0.341. The van der Waals surface area contributed by atoms with E-state index in [-0.39, 0.29) is 13.2 Å². The van der Waals surface area contributed by atoms with E-state index in [0.29, 0.717) is 6.54 Å².